The first-order valence-corrected chi connectivity index (χ1v) is 6.63. The third-order valence-electron chi connectivity index (χ3n) is 3.02. The lowest BCUT2D eigenvalue weighted by atomic mass is 10.0. The van der Waals surface area contributed by atoms with Crippen molar-refractivity contribution < 1.29 is 4.52 Å². The molecule has 0 saturated carbocycles. The zero-order valence-corrected chi connectivity index (χ0v) is 12.4. The van der Waals surface area contributed by atoms with E-state index in [4.69, 9.17) is 4.52 Å². The summed E-state index contributed by atoms with van der Waals surface area (Å²) in [5.74, 6) is 0.840. The van der Waals surface area contributed by atoms with Crippen LogP contribution in [0.25, 0.3) is 11.3 Å². The Morgan fingerprint density at radius 1 is 1.16 bits per heavy atom. The van der Waals surface area contributed by atoms with Gasteiger partial charge in [0.15, 0.2) is 5.76 Å². The van der Waals surface area contributed by atoms with Crippen molar-refractivity contribution >= 4 is 0 Å². The minimum Gasteiger partial charge on any atom is -0.356 e. The van der Waals surface area contributed by atoms with Gasteiger partial charge in [-0.05, 0) is 46.2 Å². The standard InChI is InChI=1S/C16H22N2O/c1-11-6-7-12(2)14(8-11)15-9-13(18-19-15)10-17-16(3,4)5/h6-9,17H,10H2,1-5H3. The maximum atomic E-state index is 5.46. The van der Waals surface area contributed by atoms with E-state index in [2.05, 4.69) is 63.3 Å². The Kier molecular flexibility index (Phi) is 3.76. The van der Waals surface area contributed by atoms with E-state index in [0.717, 1.165) is 23.6 Å². The summed E-state index contributed by atoms with van der Waals surface area (Å²) in [4.78, 5) is 0. The molecule has 2 rings (SSSR count). The van der Waals surface area contributed by atoms with Crippen LogP contribution in [0, 0.1) is 13.8 Å². The lowest BCUT2D eigenvalue weighted by Crippen LogP contribution is -2.35. The van der Waals surface area contributed by atoms with Crippen LogP contribution in [0.5, 0.6) is 0 Å². The fourth-order valence-corrected chi connectivity index (χ4v) is 1.88. The summed E-state index contributed by atoms with van der Waals surface area (Å²) in [5, 5.41) is 7.54. The van der Waals surface area contributed by atoms with Crippen molar-refractivity contribution in [3.05, 3.63) is 41.1 Å². The number of benzene rings is 1. The zero-order valence-electron chi connectivity index (χ0n) is 12.4. The van der Waals surface area contributed by atoms with Crippen LogP contribution < -0.4 is 5.32 Å². The van der Waals surface area contributed by atoms with Gasteiger partial charge in [0, 0.05) is 23.7 Å². The second-order valence-corrected chi connectivity index (χ2v) is 6.10. The summed E-state index contributed by atoms with van der Waals surface area (Å²) in [6, 6.07) is 8.37. The van der Waals surface area contributed by atoms with Gasteiger partial charge in [-0.1, -0.05) is 22.9 Å². The molecule has 1 heterocycles. The third-order valence-corrected chi connectivity index (χ3v) is 3.02. The molecule has 0 aliphatic carbocycles. The molecule has 0 radical (unpaired) electrons. The molecule has 0 aliphatic heterocycles. The van der Waals surface area contributed by atoms with Crippen LogP contribution in [0.1, 0.15) is 37.6 Å². The first-order valence-electron chi connectivity index (χ1n) is 6.63. The Hall–Kier alpha value is -1.61. The molecule has 102 valence electrons. The largest absolute Gasteiger partial charge is 0.356 e. The first-order chi connectivity index (χ1) is 8.85. The van der Waals surface area contributed by atoms with Crippen LogP contribution in [0.3, 0.4) is 0 Å². The van der Waals surface area contributed by atoms with Gasteiger partial charge in [-0.3, -0.25) is 0 Å². The van der Waals surface area contributed by atoms with Crippen molar-refractivity contribution in [2.45, 2.75) is 46.7 Å². The second-order valence-electron chi connectivity index (χ2n) is 6.10. The molecule has 1 N–H and O–H groups in total. The number of nitrogens with zero attached hydrogens (tertiary/aromatic N) is 1. The van der Waals surface area contributed by atoms with Gasteiger partial charge in [0.05, 0.1) is 5.69 Å². The number of nitrogens with one attached hydrogen (secondary N) is 1. The zero-order chi connectivity index (χ0) is 14.0. The highest BCUT2D eigenvalue weighted by molar-refractivity contribution is 5.62. The predicted octanol–water partition coefficient (Wildman–Crippen LogP) is 3.85. The summed E-state index contributed by atoms with van der Waals surface area (Å²) in [6.07, 6.45) is 0. The molecule has 0 atom stereocenters. The molecule has 0 spiro atoms. The van der Waals surface area contributed by atoms with Crippen molar-refractivity contribution in [2.75, 3.05) is 0 Å². The molecule has 0 fully saturated rings. The third kappa shape index (κ3) is 3.67. The van der Waals surface area contributed by atoms with Gasteiger partial charge in [0.25, 0.3) is 0 Å². The van der Waals surface area contributed by atoms with E-state index in [1.54, 1.807) is 0 Å². The molecule has 0 saturated heterocycles. The van der Waals surface area contributed by atoms with E-state index in [-0.39, 0.29) is 5.54 Å². The van der Waals surface area contributed by atoms with Crippen LogP contribution in [0.2, 0.25) is 0 Å². The fourth-order valence-electron chi connectivity index (χ4n) is 1.88. The normalized spacial score (nSPS) is 11.8. The van der Waals surface area contributed by atoms with Gasteiger partial charge < -0.3 is 9.84 Å². The molecule has 3 heteroatoms. The highest BCUT2D eigenvalue weighted by Crippen LogP contribution is 2.25. The Morgan fingerprint density at radius 2 is 1.89 bits per heavy atom. The second kappa shape index (κ2) is 5.17. The molecular weight excluding hydrogens is 236 g/mol. The van der Waals surface area contributed by atoms with E-state index in [0.29, 0.717) is 0 Å². The van der Waals surface area contributed by atoms with E-state index in [1.807, 2.05) is 6.07 Å². The van der Waals surface area contributed by atoms with Crippen molar-refractivity contribution in [1.82, 2.24) is 10.5 Å². The number of aryl methyl sites for hydroxylation is 2. The average molecular weight is 258 g/mol. The maximum Gasteiger partial charge on any atom is 0.167 e. The molecule has 0 aliphatic rings. The topological polar surface area (TPSA) is 38.1 Å². The van der Waals surface area contributed by atoms with Crippen LogP contribution in [0.4, 0.5) is 0 Å². The predicted molar refractivity (Wildman–Crippen MR) is 78.0 cm³/mol. The molecule has 19 heavy (non-hydrogen) atoms. The van der Waals surface area contributed by atoms with Crippen molar-refractivity contribution in [2.24, 2.45) is 0 Å². The quantitative estimate of drug-likeness (QED) is 0.908. The van der Waals surface area contributed by atoms with Crippen molar-refractivity contribution in [3.8, 4) is 11.3 Å². The lowest BCUT2D eigenvalue weighted by molar-refractivity contribution is 0.392. The van der Waals surface area contributed by atoms with E-state index >= 15 is 0 Å². The van der Waals surface area contributed by atoms with E-state index in [9.17, 15) is 0 Å². The number of rotatable bonds is 3. The summed E-state index contributed by atoms with van der Waals surface area (Å²) >= 11 is 0. The van der Waals surface area contributed by atoms with Gasteiger partial charge in [-0.25, -0.2) is 0 Å². The molecule has 1 aromatic heterocycles. The van der Waals surface area contributed by atoms with Crippen molar-refractivity contribution in [3.63, 3.8) is 0 Å². The van der Waals surface area contributed by atoms with Gasteiger partial charge in [0.1, 0.15) is 0 Å². The monoisotopic (exact) mass is 258 g/mol. The Balaban J connectivity index is 2.19. The smallest absolute Gasteiger partial charge is 0.167 e. The van der Waals surface area contributed by atoms with Crippen LogP contribution in [-0.4, -0.2) is 10.7 Å². The van der Waals surface area contributed by atoms with Crippen molar-refractivity contribution in [1.29, 1.82) is 0 Å². The first kappa shape index (κ1) is 13.8. The van der Waals surface area contributed by atoms with Gasteiger partial charge >= 0.3 is 0 Å². The maximum absolute atomic E-state index is 5.46. The van der Waals surface area contributed by atoms with Gasteiger partial charge in [0.2, 0.25) is 0 Å². The highest BCUT2D eigenvalue weighted by atomic mass is 16.5. The number of hydrogen-bond donors (Lipinski definition) is 1. The summed E-state index contributed by atoms with van der Waals surface area (Å²) in [7, 11) is 0. The molecule has 2 aromatic rings. The van der Waals surface area contributed by atoms with Gasteiger partial charge in [-0.2, -0.15) is 0 Å². The Morgan fingerprint density at radius 3 is 2.58 bits per heavy atom. The Bertz CT molecular complexity index is 564. The summed E-state index contributed by atoms with van der Waals surface area (Å²) in [5.41, 5.74) is 4.57. The summed E-state index contributed by atoms with van der Waals surface area (Å²) in [6.45, 7) is 11.3. The molecule has 0 amide bonds. The van der Waals surface area contributed by atoms with E-state index < -0.39 is 0 Å². The van der Waals surface area contributed by atoms with E-state index in [1.165, 1.54) is 11.1 Å². The Labute approximate surface area is 115 Å². The minimum atomic E-state index is 0.0817. The SMILES string of the molecule is Cc1ccc(C)c(-c2cc(CNC(C)(C)C)no2)c1. The highest BCUT2D eigenvalue weighted by Gasteiger charge is 2.12. The molecule has 1 aromatic carbocycles. The average Bonchev–Trinajstić information content (AvgIpc) is 2.77. The number of aromatic nitrogens is 1. The van der Waals surface area contributed by atoms with Crippen LogP contribution >= 0.6 is 0 Å². The summed E-state index contributed by atoms with van der Waals surface area (Å²) < 4.78 is 5.46. The van der Waals surface area contributed by atoms with Crippen LogP contribution in [-0.2, 0) is 6.54 Å². The molecule has 0 bridgehead atoms. The van der Waals surface area contributed by atoms with Gasteiger partial charge in [-0.15, -0.1) is 0 Å². The fraction of sp³-hybridized carbons (Fsp3) is 0.438. The lowest BCUT2D eigenvalue weighted by Gasteiger charge is -2.19. The molecular formula is C16H22N2O. The van der Waals surface area contributed by atoms with Crippen LogP contribution in [0.15, 0.2) is 28.8 Å². The molecule has 3 nitrogen and oxygen atoms in total. The minimum absolute atomic E-state index is 0.0817. The number of hydrogen-bond acceptors (Lipinski definition) is 3. The molecule has 0 unspecified atom stereocenters.